The summed E-state index contributed by atoms with van der Waals surface area (Å²) < 4.78 is 11.5. The highest BCUT2D eigenvalue weighted by Crippen LogP contribution is 2.44. The summed E-state index contributed by atoms with van der Waals surface area (Å²) in [6, 6.07) is 7.89. The van der Waals surface area contributed by atoms with Crippen molar-refractivity contribution in [1.29, 1.82) is 0 Å². The number of ether oxygens (including phenoxy) is 2. The predicted molar refractivity (Wildman–Crippen MR) is 101 cm³/mol. The number of likely N-dealkylation sites (tertiary alicyclic amines) is 1. The second-order valence-electron chi connectivity index (χ2n) is 6.47. The Hall–Kier alpha value is -2.07. The maximum Gasteiger partial charge on any atom is 0.306 e. The lowest BCUT2D eigenvalue weighted by Crippen LogP contribution is -2.52. The van der Waals surface area contributed by atoms with Crippen LogP contribution in [0.1, 0.15) is 31.7 Å². The summed E-state index contributed by atoms with van der Waals surface area (Å²) in [6.45, 7) is 12.1. The molecule has 2 atom stereocenters. The second kappa shape index (κ2) is 8.86. The third kappa shape index (κ3) is 4.31. The van der Waals surface area contributed by atoms with Crippen LogP contribution in [0, 0.1) is 5.92 Å². The lowest BCUT2D eigenvalue weighted by Gasteiger charge is -2.47. The average Bonchev–Trinajstić information content (AvgIpc) is 2.64. The van der Waals surface area contributed by atoms with Gasteiger partial charge in [-0.1, -0.05) is 31.2 Å². The van der Waals surface area contributed by atoms with Gasteiger partial charge in [0.1, 0.15) is 11.4 Å². The summed E-state index contributed by atoms with van der Waals surface area (Å²) in [4.78, 5) is 14.6. The zero-order valence-electron chi connectivity index (χ0n) is 15.4. The molecule has 0 amide bonds. The average molecular weight is 343 g/mol. The van der Waals surface area contributed by atoms with Crippen molar-refractivity contribution in [2.75, 3.05) is 26.7 Å². The van der Waals surface area contributed by atoms with Gasteiger partial charge >= 0.3 is 5.97 Å². The third-order valence-corrected chi connectivity index (χ3v) is 4.92. The molecule has 2 rings (SSSR count). The van der Waals surface area contributed by atoms with Crippen molar-refractivity contribution in [3.05, 3.63) is 55.1 Å². The largest absolute Gasteiger partial charge is 0.497 e. The van der Waals surface area contributed by atoms with Crippen LogP contribution in [0.3, 0.4) is 0 Å². The van der Waals surface area contributed by atoms with E-state index in [1.54, 1.807) is 7.11 Å². The number of nitrogens with zero attached hydrogens (tertiary/aromatic N) is 1. The Labute approximate surface area is 151 Å². The third-order valence-electron chi connectivity index (χ3n) is 4.92. The number of hydrogen-bond acceptors (Lipinski definition) is 4. The standard InChI is InChI=1S/C21H29NO3/c1-5-9-18-16-22(13-6-2)14-12-21(18,25-20(23)7-3)17-10-8-11-19(15-17)24-4/h5-6,8,10-11,15,18H,1-2,7,9,12-14,16H2,3-4H3/t18-,21-/m1/s1. The van der Waals surface area contributed by atoms with E-state index in [1.165, 1.54) is 0 Å². The fourth-order valence-electron chi connectivity index (χ4n) is 3.63. The molecule has 0 aliphatic carbocycles. The molecule has 1 fully saturated rings. The van der Waals surface area contributed by atoms with Crippen molar-refractivity contribution in [2.45, 2.75) is 31.8 Å². The highest BCUT2D eigenvalue weighted by Gasteiger charge is 2.46. The van der Waals surface area contributed by atoms with Gasteiger partial charge in [0.25, 0.3) is 0 Å². The summed E-state index contributed by atoms with van der Waals surface area (Å²) in [5.41, 5.74) is 0.354. The van der Waals surface area contributed by atoms with E-state index in [1.807, 2.05) is 43.3 Å². The molecule has 1 aromatic carbocycles. The molecule has 4 nitrogen and oxygen atoms in total. The smallest absolute Gasteiger partial charge is 0.306 e. The Morgan fingerprint density at radius 1 is 1.40 bits per heavy atom. The van der Waals surface area contributed by atoms with Crippen LogP contribution in [-0.2, 0) is 15.1 Å². The Kier molecular flexibility index (Phi) is 6.82. The normalized spacial score (nSPS) is 23.7. The SMILES string of the molecule is C=CC[C@@H]1CN(CC=C)CC[C@@]1(OC(=O)CC)c1cccc(OC)c1. The molecule has 0 radical (unpaired) electrons. The molecule has 0 unspecified atom stereocenters. The molecule has 0 aromatic heterocycles. The summed E-state index contributed by atoms with van der Waals surface area (Å²) in [5.74, 6) is 0.741. The van der Waals surface area contributed by atoms with Crippen molar-refractivity contribution < 1.29 is 14.3 Å². The van der Waals surface area contributed by atoms with Crippen molar-refractivity contribution in [2.24, 2.45) is 5.92 Å². The van der Waals surface area contributed by atoms with Crippen molar-refractivity contribution in [3.63, 3.8) is 0 Å². The fraction of sp³-hybridized carbons (Fsp3) is 0.476. The van der Waals surface area contributed by atoms with Crippen molar-refractivity contribution in [3.8, 4) is 5.75 Å². The topological polar surface area (TPSA) is 38.8 Å². The minimum Gasteiger partial charge on any atom is -0.497 e. The molecule has 1 saturated heterocycles. The monoisotopic (exact) mass is 343 g/mol. The van der Waals surface area contributed by atoms with Gasteiger partial charge in [-0.15, -0.1) is 13.2 Å². The first-order valence-electron chi connectivity index (χ1n) is 8.90. The van der Waals surface area contributed by atoms with Crippen LogP contribution in [0.15, 0.2) is 49.6 Å². The van der Waals surface area contributed by atoms with Crippen LogP contribution in [0.4, 0.5) is 0 Å². The van der Waals surface area contributed by atoms with Gasteiger partial charge in [0.05, 0.1) is 7.11 Å². The van der Waals surface area contributed by atoms with E-state index in [0.717, 1.165) is 43.8 Å². The molecule has 0 spiro atoms. The van der Waals surface area contributed by atoms with E-state index in [-0.39, 0.29) is 11.9 Å². The number of rotatable bonds is 8. The number of piperidine rings is 1. The number of carbonyl (C=O) groups excluding carboxylic acids is 1. The quantitative estimate of drug-likeness (QED) is 0.530. The summed E-state index contributed by atoms with van der Waals surface area (Å²) in [6.07, 6.45) is 5.72. The van der Waals surface area contributed by atoms with Gasteiger partial charge in [-0.05, 0) is 24.1 Å². The fourth-order valence-corrected chi connectivity index (χ4v) is 3.63. The van der Waals surface area contributed by atoms with Gasteiger partial charge in [-0.3, -0.25) is 9.69 Å². The van der Waals surface area contributed by atoms with Crippen molar-refractivity contribution in [1.82, 2.24) is 4.90 Å². The van der Waals surface area contributed by atoms with E-state index in [4.69, 9.17) is 9.47 Å². The minimum absolute atomic E-state index is 0.140. The number of carbonyl (C=O) groups is 1. The molecule has 0 N–H and O–H groups in total. The lowest BCUT2D eigenvalue weighted by atomic mass is 9.74. The maximum atomic E-state index is 12.3. The number of benzene rings is 1. The Bertz CT molecular complexity index is 613. The van der Waals surface area contributed by atoms with Gasteiger partial charge in [0.2, 0.25) is 0 Å². The van der Waals surface area contributed by atoms with Crippen LogP contribution in [0.5, 0.6) is 5.75 Å². The molecule has 1 heterocycles. The molecule has 1 aliphatic heterocycles. The Balaban J connectivity index is 2.46. The van der Waals surface area contributed by atoms with Gasteiger partial charge in [-0.2, -0.15) is 0 Å². The number of methoxy groups -OCH3 is 1. The molecular formula is C21H29NO3. The Morgan fingerprint density at radius 3 is 2.84 bits per heavy atom. The van der Waals surface area contributed by atoms with Gasteiger partial charge in [-0.25, -0.2) is 0 Å². The molecule has 0 saturated carbocycles. The van der Waals surface area contributed by atoms with Crippen LogP contribution in [0.25, 0.3) is 0 Å². The van der Waals surface area contributed by atoms with Gasteiger partial charge in [0.15, 0.2) is 0 Å². The Morgan fingerprint density at radius 2 is 2.20 bits per heavy atom. The highest BCUT2D eigenvalue weighted by molar-refractivity contribution is 5.69. The maximum absolute atomic E-state index is 12.3. The number of esters is 1. The molecule has 1 aliphatic rings. The first kappa shape index (κ1) is 19.3. The molecule has 1 aromatic rings. The molecular weight excluding hydrogens is 314 g/mol. The number of hydrogen-bond donors (Lipinski definition) is 0. The van der Waals surface area contributed by atoms with E-state index in [2.05, 4.69) is 18.1 Å². The van der Waals surface area contributed by atoms with Crippen molar-refractivity contribution >= 4 is 5.97 Å². The van der Waals surface area contributed by atoms with Crippen LogP contribution >= 0.6 is 0 Å². The van der Waals surface area contributed by atoms with Gasteiger partial charge in [0, 0.05) is 38.4 Å². The van der Waals surface area contributed by atoms with Crippen LogP contribution in [0.2, 0.25) is 0 Å². The van der Waals surface area contributed by atoms with Crippen LogP contribution in [-0.4, -0.2) is 37.6 Å². The number of allylic oxidation sites excluding steroid dienone is 1. The van der Waals surface area contributed by atoms with E-state index < -0.39 is 5.60 Å². The zero-order chi connectivity index (χ0) is 18.3. The molecule has 25 heavy (non-hydrogen) atoms. The van der Waals surface area contributed by atoms with E-state index in [9.17, 15) is 4.79 Å². The zero-order valence-corrected chi connectivity index (χ0v) is 15.4. The van der Waals surface area contributed by atoms with Gasteiger partial charge < -0.3 is 9.47 Å². The lowest BCUT2D eigenvalue weighted by molar-refractivity contribution is -0.176. The highest BCUT2D eigenvalue weighted by atomic mass is 16.6. The summed E-state index contributed by atoms with van der Waals surface area (Å²) in [7, 11) is 1.65. The van der Waals surface area contributed by atoms with E-state index >= 15 is 0 Å². The molecule has 4 heteroatoms. The predicted octanol–water partition coefficient (Wildman–Crippen LogP) is 3.93. The first-order chi connectivity index (χ1) is 12.1. The molecule has 0 bridgehead atoms. The van der Waals surface area contributed by atoms with Crippen LogP contribution < -0.4 is 4.74 Å². The summed E-state index contributed by atoms with van der Waals surface area (Å²) in [5, 5.41) is 0. The second-order valence-corrected chi connectivity index (χ2v) is 6.47. The molecule has 136 valence electrons. The summed E-state index contributed by atoms with van der Waals surface area (Å²) >= 11 is 0. The first-order valence-corrected chi connectivity index (χ1v) is 8.90. The minimum atomic E-state index is -0.645. The van der Waals surface area contributed by atoms with E-state index in [0.29, 0.717) is 6.42 Å².